The molecule has 1 aromatic carbocycles. The molecule has 2 unspecified atom stereocenters. The van der Waals surface area contributed by atoms with Crippen molar-refractivity contribution >= 4 is 11.8 Å². The van der Waals surface area contributed by atoms with Gasteiger partial charge in [0.2, 0.25) is 0 Å². The number of nitrogens with two attached hydrogens (primary N) is 1. The molecule has 1 aromatic rings. The summed E-state index contributed by atoms with van der Waals surface area (Å²) < 4.78 is 0. The molecular weight excluding hydrogens is 228 g/mol. The lowest BCUT2D eigenvalue weighted by Gasteiger charge is -2.34. The van der Waals surface area contributed by atoms with Gasteiger partial charge in [-0.1, -0.05) is 37.3 Å². The zero-order valence-corrected chi connectivity index (χ0v) is 11.9. The van der Waals surface area contributed by atoms with Crippen LogP contribution in [0.5, 0.6) is 0 Å². The Labute approximate surface area is 110 Å². The summed E-state index contributed by atoms with van der Waals surface area (Å²) in [5.74, 6) is 1.16. The van der Waals surface area contributed by atoms with Gasteiger partial charge in [-0.05, 0) is 25.3 Å². The van der Waals surface area contributed by atoms with E-state index in [4.69, 9.17) is 5.73 Å². The van der Waals surface area contributed by atoms with E-state index in [1.165, 1.54) is 12.0 Å². The van der Waals surface area contributed by atoms with Crippen LogP contribution in [0.25, 0.3) is 0 Å². The largest absolute Gasteiger partial charge is 0.329 e. The number of nitrogens with zero attached hydrogens (tertiary/aromatic N) is 1. The van der Waals surface area contributed by atoms with Crippen molar-refractivity contribution in [1.82, 2.24) is 4.90 Å². The molecule has 1 rings (SSSR count). The molecule has 0 fully saturated rings. The lowest BCUT2D eigenvalue weighted by Crippen LogP contribution is -2.39. The highest BCUT2D eigenvalue weighted by molar-refractivity contribution is 7.98. The fourth-order valence-corrected chi connectivity index (χ4v) is 3.04. The second-order valence-electron chi connectivity index (χ2n) is 4.35. The molecule has 0 aliphatic rings. The molecule has 0 amide bonds. The first kappa shape index (κ1) is 14.6. The molecule has 0 aromatic heterocycles. The third-order valence-electron chi connectivity index (χ3n) is 3.31. The van der Waals surface area contributed by atoms with E-state index in [0.717, 1.165) is 5.75 Å². The van der Waals surface area contributed by atoms with Gasteiger partial charge in [0.05, 0.1) is 0 Å². The summed E-state index contributed by atoms with van der Waals surface area (Å²) >= 11 is 1.90. The van der Waals surface area contributed by atoms with Gasteiger partial charge in [0.25, 0.3) is 0 Å². The second kappa shape index (κ2) is 7.75. The molecule has 0 saturated heterocycles. The van der Waals surface area contributed by atoms with E-state index in [-0.39, 0.29) is 0 Å². The number of likely N-dealkylation sites (N-methyl/N-ethyl adjacent to an activating group) is 1. The maximum atomic E-state index is 5.95. The van der Waals surface area contributed by atoms with Crippen molar-refractivity contribution in [1.29, 1.82) is 0 Å². The van der Waals surface area contributed by atoms with Gasteiger partial charge in [0.1, 0.15) is 0 Å². The summed E-state index contributed by atoms with van der Waals surface area (Å²) in [6.45, 7) is 2.92. The Morgan fingerprint density at radius 1 is 1.29 bits per heavy atom. The Morgan fingerprint density at radius 3 is 2.41 bits per heavy atom. The number of benzene rings is 1. The Bertz CT molecular complexity index is 302. The smallest absolute Gasteiger partial charge is 0.0470 e. The van der Waals surface area contributed by atoms with E-state index in [2.05, 4.69) is 55.5 Å². The van der Waals surface area contributed by atoms with Crippen LogP contribution in [-0.4, -0.2) is 36.5 Å². The van der Waals surface area contributed by atoms with Crippen LogP contribution in [0.2, 0.25) is 0 Å². The molecule has 0 spiro atoms. The van der Waals surface area contributed by atoms with Crippen molar-refractivity contribution in [2.75, 3.05) is 25.6 Å². The highest BCUT2D eigenvalue weighted by atomic mass is 32.2. The molecule has 0 aliphatic carbocycles. The summed E-state index contributed by atoms with van der Waals surface area (Å²) in [4.78, 5) is 2.42. The first-order valence-corrected chi connectivity index (χ1v) is 7.59. The molecule has 0 saturated carbocycles. The minimum atomic E-state index is 0.327. The van der Waals surface area contributed by atoms with Crippen LogP contribution in [0.4, 0.5) is 0 Å². The van der Waals surface area contributed by atoms with Crippen LogP contribution >= 0.6 is 11.8 Å². The normalized spacial score (nSPS) is 14.9. The van der Waals surface area contributed by atoms with Crippen LogP contribution in [0.15, 0.2) is 30.3 Å². The summed E-state index contributed by atoms with van der Waals surface area (Å²) in [6.07, 6.45) is 3.33. The number of hydrogen-bond donors (Lipinski definition) is 1. The van der Waals surface area contributed by atoms with E-state index in [0.29, 0.717) is 18.6 Å². The first-order chi connectivity index (χ1) is 8.24. The molecule has 3 heteroatoms. The lowest BCUT2D eigenvalue weighted by molar-refractivity contribution is 0.188. The molecule has 2 N–H and O–H groups in total. The zero-order valence-electron chi connectivity index (χ0n) is 11.1. The molecule has 0 aliphatic heterocycles. The second-order valence-corrected chi connectivity index (χ2v) is 5.26. The highest BCUT2D eigenvalue weighted by Crippen LogP contribution is 2.22. The standard InChI is InChI=1S/C14H24N2S/c1-4-13(11-17-3)16(2)14(10-15)12-8-6-5-7-9-12/h5-9,13-14H,4,10-11,15H2,1-3H3. The summed E-state index contributed by atoms with van der Waals surface area (Å²) in [7, 11) is 2.19. The van der Waals surface area contributed by atoms with E-state index < -0.39 is 0 Å². The highest BCUT2D eigenvalue weighted by Gasteiger charge is 2.21. The zero-order chi connectivity index (χ0) is 12.7. The van der Waals surface area contributed by atoms with Gasteiger partial charge in [0, 0.05) is 24.4 Å². The lowest BCUT2D eigenvalue weighted by atomic mass is 10.0. The molecule has 96 valence electrons. The van der Waals surface area contributed by atoms with Crippen LogP contribution in [0, 0.1) is 0 Å². The SMILES string of the molecule is CCC(CSC)N(C)C(CN)c1ccccc1. The maximum Gasteiger partial charge on any atom is 0.0470 e. The van der Waals surface area contributed by atoms with Crippen molar-refractivity contribution in [2.24, 2.45) is 5.73 Å². The van der Waals surface area contributed by atoms with Crippen LogP contribution in [-0.2, 0) is 0 Å². The topological polar surface area (TPSA) is 29.3 Å². The predicted octanol–water partition coefficient (Wildman–Crippen LogP) is 2.76. The van der Waals surface area contributed by atoms with Crippen molar-refractivity contribution in [3.05, 3.63) is 35.9 Å². The third-order valence-corrected chi connectivity index (χ3v) is 4.02. The Hall–Kier alpha value is -0.510. The van der Waals surface area contributed by atoms with Crippen molar-refractivity contribution in [3.8, 4) is 0 Å². The Morgan fingerprint density at radius 2 is 1.94 bits per heavy atom. The van der Waals surface area contributed by atoms with Crippen molar-refractivity contribution in [3.63, 3.8) is 0 Å². The molecule has 0 bridgehead atoms. The van der Waals surface area contributed by atoms with Gasteiger partial charge >= 0.3 is 0 Å². The molecule has 0 heterocycles. The van der Waals surface area contributed by atoms with Gasteiger partial charge in [-0.2, -0.15) is 11.8 Å². The van der Waals surface area contributed by atoms with Crippen LogP contribution in [0.3, 0.4) is 0 Å². The third kappa shape index (κ3) is 4.02. The summed E-state index contributed by atoms with van der Waals surface area (Å²) in [5.41, 5.74) is 7.26. The Kier molecular flexibility index (Phi) is 6.63. The quantitative estimate of drug-likeness (QED) is 0.809. The number of rotatable bonds is 7. The summed E-state index contributed by atoms with van der Waals surface area (Å²) in [6, 6.07) is 11.5. The van der Waals surface area contributed by atoms with E-state index >= 15 is 0 Å². The minimum Gasteiger partial charge on any atom is -0.329 e. The van der Waals surface area contributed by atoms with E-state index in [1.54, 1.807) is 0 Å². The average molecular weight is 252 g/mol. The van der Waals surface area contributed by atoms with Gasteiger partial charge in [-0.15, -0.1) is 0 Å². The fourth-order valence-electron chi connectivity index (χ4n) is 2.18. The Balaban J connectivity index is 2.79. The van der Waals surface area contributed by atoms with Crippen LogP contribution < -0.4 is 5.73 Å². The summed E-state index contributed by atoms with van der Waals surface area (Å²) in [5, 5.41) is 0. The molecule has 2 nitrogen and oxygen atoms in total. The molecule has 17 heavy (non-hydrogen) atoms. The van der Waals surface area contributed by atoms with E-state index in [9.17, 15) is 0 Å². The minimum absolute atomic E-state index is 0.327. The number of hydrogen-bond acceptors (Lipinski definition) is 3. The van der Waals surface area contributed by atoms with Gasteiger partial charge in [-0.25, -0.2) is 0 Å². The monoisotopic (exact) mass is 252 g/mol. The molecule has 2 atom stereocenters. The van der Waals surface area contributed by atoms with E-state index in [1.807, 2.05) is 11.8 Å². The van der Waals surface area contributed by atoms with Gasteiger partial charge in [0.15, 0.2) is 0 Å². The van der Waals surface area contributed by atoms with Crippen molar-refractivity contribution < 1.29 is 0 Å². The van der Waals surface area contributed by atoms with Gasteiger partial charge in [-0.3, -0.25) is 4.90 Å². The molecule has 0 radical (unpaired) electrons. The van der Waals surface area contributed by atoms with Crippen molar-refractivity contribution in [2.45, 2.75) is 25.4 Å². The first-order valence-electron chi connectivity index (χ1n) is 6.20. The predicted molar refractivity (Wildman–Crippen MR) is 78.5 cm³/mol. The maximum absolute atomic E-state index is 5.95. The fraction of sp³-hybridized carbons (Fsp3) is 0.571. The average Bonchev–Trinajstić information content (AvgIpc) is 2.38. The number of thioether (sulfide) groups is 1. The van der Waals surface area contributed by atoms with Gasteiger partial charge < -0.3 is 5.73 Å². The molecular formula is C14H24N2S. The van der Waals surface area contributed by atoms with Crippen LogP contribution in [0.1, 0.15) is 24.9 Å².